The summed E-state index contributed by atoms with van der Waals surface area (Å²) in [5, 5.41) is 3.12. The molecule has 1 aliphatic carbocycles. The predicted octanol–water partition coefficient (Wildman–Crippen LogP) is 5.24. The van der Waals surface area contributed by atoms with E-state index in [1.165, 1.54) is 6.92 Å². The Hall–Kier alpha value is -2.52. The molecule has 4 rings (SSSR count). The van der Waals surface area contributed by atoms with Gasteiger partial charge in [0.05, 0.1) is 31.1 Å². The molecule has 0 radical (unpaired) electrons. The van der Waals surface area contributed by atoms with Gasteiger partial charge in [0.2, 0.25) is 11.8 Å². The average molecular weight is 477 g/mol. The van der Waals surface area contributed by atoms with Gasteiger partial charge in [-0.3, -0.25) is 0 Å². The number of anilines is 3. The number of alkyl halides is 1. The van der Waals surface area contributed by atoms with E-state index in [0.717, 1.165) is 56.3 Å². The van der Waals surface area contributed by atoms with Gasteiger partial charge >= 0.3 is 0 Å². The number of ether oxygens (including phenoxy) is 3. The summed E-state index contributed by atoms with van der Waals surface area (Å²) in [6.07, 6.45) is 3.45. The summed E-state index contributed by atoms with van der Waals surface area (Å²) in [6.45, 7) is 7.62. The molecule has 0 spiro atoms. The molecular formula is C25H34F2N4O3. The summed E-state index contributed by atoms with van der Waals surface area (Å²) in [4.78, 5) is 10.6. The molecule has 34 heavy (non-hydrogen) atoms. The van der Waals surface area contributed by atoms with Crippen LogP contribution in [-0.4, -0.2) is 54.3 Å². The van der Waals surface area contributed by atoms with Gasteiger partial charge in [0, 0.05) is 24.5 Å². The quantitative estimate of drug-likeness (QED) is 0.559. The summed E-state index contributed by atoms with van der Waals surface area (Å²) in [6, 6.07) is 7.98. The molecule has 9 heteroatoms. The van der Waals surface area contributed by atoms with Crippen molar-refractivity contribution in [3.8, 4) is 5.88 Å². The van der Waals surface area contributed by atoms with Gasteiger partial charge in [-0.15, -0.1) is 0 Å². The largest absolute Gasteiger partial charge is 0.475 e. The lowest BCUT2D eigenvalue weighted by Crippen LogP contribution is -2.45. The zero-order valence-electron chi connectivity index (χ0n) is 20.0. The van der Waals surface area contributed by atoms with Gasteiger partial charge in [0.1, 0.15) is 0 Å². The minimum Gasteiger partial charge on any atom is -0.475 e. The average Bonchev–Trinajstić information content (AvgIpc) is 2.80. The molecule has 2 fully saturated rings. The highest BCUT2D eigenvalue weighted by Crippen LogP contribution is 2.29. The van der Waals surface area contributed by atoms with Crippen molar-refractivity contribution in [1.82, 2.24) is 9.97 Å². The maximum absolute atomic E-state index is 14.2. The topological polar surface area (TPSA) is 68.7 Å². The van der Waals surface area contributed by atoms with Gasteiger partial charge < -0.3 is 24.4 Å². The predicted molar refractivity (Wildman–Crippen MR) is 127 cm³/mol. The summed E-state index contributed by atoms with van der Waals surface area (Å²) >= 11 is 0. The van der Waals surface area contributed by atoms with E-state index < -0.39 is 12.2 Å². The van der Waals surface area contributed by atoms with Crippen molar-refractivity contribution in [2.75, 3.05) is 29.9 Å². The Morgan fingerprint density at radius 1 is 1.12 bits per heavy atom. The normalized spacial score (nSPS) is 26.2. The number of benzene rings is 1. The zero-order valence-corrected chi connectivity index (χ0v) is 20.0. The van der Waals surface area contributed by atoms with Gasteiger partial charge in [-0.1, -0.05) is 0 Å². The number of rotatable bonds is 8. The van der Waals surface area contributed by atoms with Crippen LogP contribution in [0.25, 0.3) is 0 Å². The Bertz CT molecular complexity index is 913. The first-order valence-electron chi connectivity index (χ1n) is 12.1. The fourth-order valence-corrected chi connectivity index (χ4v) is 4.68. The maximum atomic E-state index is 14.2. The van der Waals surface area contributed by atoms with Gasteiger partial charge in [-0.2, -0.15) is 9.37 Å². The summed E-state index contributed by atoms with van der Waals surface area (Å²) in [5.41, 5.74) is 1.92. The molecule has 1 aromatic heterocycles. The first kappa shape index (κ1) is 24.6. The molecule has 0 amide bonds. The number of aromatic nitrogens is 2. The lowest BCUT2D eigenvalue weighted by Gasteiger charge is -2.36. The van der Waals surface area contributed by atoms with E-state index in [-0.39, 0.29) is 36.1 Å². The van der Waals surface area contributed by atoms with E-state index in [4.69, 9.17) is 14.2 Å². The smallest absolute Gasteiger partial charge is 0.255 e. The number of hydrogen-bond acceptors (Lipinski definition) is 7. The molecule has 2 aliphatic rings. The Morgan fingerprint density at radius 3 is 2.44 bits per heavy atom. The molecule has 0 bridgehead atoms. The van der Waals surface area contributed by atoms with Gasteiger partial charge in [-0.05, 0) is 76.6 Å². The first-order valence-corrected chi connectivity index (χ1v) is 12.1. The fourth-order valence-electron chi connectivity index (χ4n) is 4.68. The number of hydrogen-bond donors (Lipinski definition) is 1. The van der Waals surface area contributed by atoms with E-state index >= 15 is 0 Å². The highest BCUT2D eigenvalue weighted by molar-refractivity contribution is 5.59. The Kier molecular flexibility index (Phi) is 8.15. The SMILES string of the molecule is CC(F)OC1CCC(COc2nc(Nc3ccc(N4C[C@@H](C)O[C@@H](C)C4)cc3)ncc2F)CC1. The van der Waals surface area contributed by atoms with Gasteiger partial charge in [0.15, 0.2) is 6.36 Å². The number of nitrogens with one attached hydrogen (secondary N) is 1. The van der Waals surface area contributed by atoms with Crippen LogP contribution >= 0.6 is 0 Å². The van der Waals surface area contributed by atoms with Crippen LogP contribution in [0.1, 0.15) is 46.5 Å². The van der Waals surface area contributed by atoms with Crippen LogP contribution in [0.3, 0.4) is 0 Å². The van der Waals surface area contributed by atoms with Crippen LogP contribution < -0.4 is 15.0 Å². The van der Waals surface area contributed by atoms with Crippen molar-refractivity contribution >= 4 is 17.3 Å². The third-order valence-corrected chi connectivity index (χ3v) is 6.25. The third kappa shape index (κ3) is 6.76. The molecule has 1 aliphatic heterocycles. The molecule has 1 N–H and O–H groups in total. The monoisotopic (exact) mass is 476 g/mol. The van der Waals surface area contributed by atoms with E-state index in [1.807, 2.05) is 24.3 Å². The molecule has 1 aromatic carbocycles. The van der Waals surface area contributed by atoms with E-state index in [9.17, 15) is 8.78 Å². The maximum Gasteiger partial charge on any atom is 0.255 e. The van der Waals surface area contributed by atoms with E-state index in [1.54, 1.807) is 0 Å². The minimum atomic E-state index is -1.25. The highest BCUT2D eigenvalue weighted by atomic mass is 19.1. The van der Waals surface area contributed by atoms with Crippen LogP contribution in [0, 0.1) is 11.7 Å². The van der Waals surface area contributed by atoms with Crippen LogP contribution in [-0.2, 0) is 9.47 Å². The van der Waals surface area contributed by atoms with Gasteiger partial charge in [-0.25, -0.2) is 9.37 Å². The van der Waals surface area contributed by atoms with Crippen LogP contribution in [0.15, 0.2) is 30.5 Å². The fraction of sp³-hybridized carbons (Fsp3) is 0.600. The Balaban J connectivity index is 1.31. The molecule has 3 atom stereocenters. The van der Waals surface area contributed by atoms with Gasteiger partial charge in [0.25, 0.3) is 5.88 Å². The highest BCUT2D eigenvalue weighted by Gasteiger charge is 2.24. The summed E-state index contributed by atoms with van der Waals surface area (Å²) in [7, 11) is 0. The minimum absolute atomic E-state index is 0.0516. The summed E-state index contributed by atoms with van der Waals surface area (Å²) in [5.74, 6) is -0.133. The molecule has 186 valence electrons. The van der Waals surface area contributed by atoms with Crippen molar-refractivity contribution in [1.29, 1.82) is 0 Å². The van der Waals surface area contributed by atoms with Crippen LogP contribution in [0.5, 0.6) is 5.88 Å². The molecule has 7 nitrogen and oxygen atoms in total. The second kappa shape index (κ2) is 11.3. The van der Waals surface area contributed by atoms with Crippen molar-refractivity contribution in [2.24, 2.45) is 5.92 Å². The standard InChI is InChI=1S/C25H34F2N4O3/c1-16-13-31(14-17(2)33-16)21-8-6-20(7-9-21)29-25-28-12-23(27)24(30-25)32-15-19-4-10-22(11-5-19)34-18(3)26/h6-9,12,16-19,22H,4-5,10-11,13-15H2,1-3H3,(H,28,29,30)/t16-,17+,18?,19?,22?. The third-order valence-electron chi connectivity index (χ3n) is 6.25. The molecule has 1 unspecified atom stereocenters. The molecule has 1 saturated carbocycles. The van der Waals surface area contributed by atoms with E-state index in [2.05, 4.69) is 34.0 Å². The number of nitrogens with zero attached hydrogens (tertiary/aromatic N) is 3. The Labute approximate surface area is 199 Å². The van der Waals surface area contributed by atoms with E-state index in [0.29, 0.717) is 6.61 Å². The summed E-state index contributed by atoms with van der Waals surface area (Å²) < 4.78 is 44.0. The van der Waals surface area contributed by atoms with Crippen molar-refractivity contribution in [3.63, 3.8) is 0 Å². The van der Waals surface area contributed by atoms with Crippen molar-refractivity contribution in [2.45, 2.75) is 71.1 Å². The van der Waals surface area contributed by atoms with Crippen LogP contribution in [0.4, 0.5) is 26.1 Å². The van der Waals surface area contributed by atoms with Crippen molar-refractivity contribution in [3.05, 3.63) is 36.3 Å². The molecule has 2 heterocycles. The Morgan fingerprint density at radius 2 is 1.79 bits per heavy atom. The second-order valence-electron chi connectivity index (χ2n) is 9.31. The number of halogens is 2. The zero-order chi connectivity index (χ0) is 24.1. The first-order chi connectivity index (χ1) is 16.4. The number of morpholine rings is 1. The lowest BCUT2D eigenvalue weighted by atomic mass is 9.88. The lowest BCUT2D eigenvalue weighted by molar-refractivity contribution is -0.0910. The molecule has 2 aromatic rings. The van der Waals surface area contributed by atoms with Crippen LogP contribution in [0.2, 0.25) is 0 Å². The van der Waals surface area contributed by atoms with Crippen molar-refractivity contribution < 1.29 is 23.0 Å². The second-order valence-corrected chi connectivity index (χ2v) is 9.31. The molecular weight excluding hydrogens is 442 g/mol. The molecule has 1 saturated heterocycles.